The maximum absolute atomic E-state index is 5.69. The Morgan fingerprint density at radius 1 is 1.33 bits per heavy atom. The topological polar surface area (TPSA) is 37.6 Å². The Balaban J connectivity index is 1.92. The molecule has 1 unspecified atom stereocenters. The van der Waals surface area contributed by atoms with Crippen molar-refractivity contribution in [1.29, 1.82) is 0 Å². The SMILES string of the molecule is Cc1ccc(CN(C)CC2(CNC(C)(C)C)CCOC2)o1. The van der Waals surface area contributed by atoms with Gasteiger partial charge in [-0.2, -0.15) is 0 Å². The standard InChI is InChI=1S/C17H30N2O2/c1-14-6-7-15(21-14)10-19(5)12-17(8-9-20-13-17)11-18-16(2,3)4/h6-7,18H,8-13H2,1-5H3. The molecule has 21 heavy (non-hydrogen) atoms. The van der Waals surface area contributed by atoms with E-state index in [-0.39, 0.29) is 11.0 Å². The molecule has 4 heteroatoms. The molecule has 2 heterocycles. The third-order valence-corrected chi connectivity index (χ3v) is 4.01. The fourth-order valence-corrected chi connectivity index (χ4v) is 2.89. The number of hydrogen-bond acceptors (Lipinski definition) is 4. The monoisotopic (exact) mass is 294 g/mol. The van der Waals surface area contributed by atoms with E-state index in [4.69, 9.17) is 9.15 Å². The van der Waals surface area contributed by atoms with E-state index in [1.54, 1.807) is 0 Å². The van der Waals surface area contributed by atoms with Gasteiger partial charge in [0.15, 0.2) is 0 Å². The van der Waals surface area contributed by atoms with Crippen molar-refractivity contribution in [3.05, 3.63) is 23.7 Å². The second-order valence-electron chi connectivity index (χ2n) is 7.59. The molecule has 1 saturated heterocycles. The van der Waals surface area contributed by atoms with E-state index in [0.29, 0.717) is 0 Å². The first-order valence-corrected chi connectivity index (χ1v) is 7.85. The van der Waals surface area contributed by atoms with Crippen LogP contribution >= 0.6 is 0 Å². The van der Waals surface area contributed by atoms with Crippen molar-refractivity contribution in [1.82, 2.24) is 10.2 Å². The zero-order valence-electron chi connectivity index (χ0n) is 14.2. The van der Waals surface area contributed by atoms with Crippen LogP contribution in [0.5, 0.6) is 0 Å². The molecule has 1 aliphatic heterocycles. The first kappa shape index (κ1) is 16.5. The van der Waals surface area contributed by atoms with Crippen molar-refractivity contribution in [2.45, 2.75) is 46.2 Å². The van der Waals surface area contributed by atoms with Gasteiger partial charge in [0, 0.05) is 30.7 Å². The van der Waals surface area contributed by atoms with Gasteiger partial charge in [-0.05, 0) is 53.3 Å². The Hall–Kier alpha value is -0.840. The normalized spacial score (nSPS) is 23.1. The highest BCUT2D eigenvalue weighted by Crippen LogP contribution is 2.30. The summed E-state index contributed by atoms with van der Waals surface area (Å²) in [6, 6.07) is 4.09. The number of nitrogens with zero attached hydrogens (tertiary/aromatic N) is 1. The summed E-state index contributed by atoms with van der Waals surface area (Å²) in [6.45, 7) is 13.2. The highest BCUT2D eigenvalue weighted by Gasteiger charge is 2.36. The Morgan fingerprint density at radius 2 is 2.10 bits per heavy atom. The quantitative estimate of drug-likeness (QED) is 0.875. The highest BCUT2D eigenvalue weighted by molar-refractivity contribution is 5.05. The van der Waals surface area contributed by atoms with Crippen LogP contribution in [-0.2, 0) is 11.3 Å². The van der Waals surface area contributed by atoms with Gasteiger partial charge in [-0.15, -0.1) is 0 Å². The summed E-state index contributed by atoms with van der Waals surface area (Å²) in [5.41, 5.74) is 0.357. The third kappa shape index (κ3) is 5.13. The Labute approximate surface area is 128 Å². The van der Waals surface area contributed by atoms with Crippen molar-refractivity contribution in [2.24, 2.45) is 5.41 Å². The van der Waals surface area contributed by atoms with E-state index >= 15 is 0 Å². The summed E-state index contributed by atoms with van der Waals surface area (Å²) in [5.74, 6) is 2.01. The highest BCUT2D eigenvalue weighted by atomic mass is 16.5. The summed E-state index contributed by atoms with van der Waals surface area (Å²) in [6.07, 6.45) is 1.12. The average molecular weight is 294 g/mol. The van der Waals surface area contributed by atoms with E-state index in [1.165, 1.54) is 0 Å². The molecule has 0 bridgehead atoms. The minimum atomic E-state index is 0.145. The molecule has 0 radical (unpaired) electrons. The predicted octanol–water partition coefficient (Wildman–Crippen LogP) is 2.81. The van der Waals surface area contributed by atoms with Crippen LogP contribution in [0.25, 0.3) is 0 Å². The smallest absolute Gasteiger partial charge is 0.118 e. The molecule has 0 saturated carbocycles. The summed E-state index contributed by atoms with van der Waals surface area (Å²) < 4.78 is 11.4. The van der Waals surface area contributed by atoms with Crippen molar-refractivity contribution in [2.75, 3.05) is 33.4 Å². The second kappa shape index (κ2) is 6.51. The number of aryl methyl sites for hydroxylation is 1. The van der Waals surface area contributed by atoms with Crippen molar-refractivity contribution in [3.63, 3.8) is 0 Å². The first-order valence-electron chi connectivity index (χ1n) is 7.85. The minimum Gasteiger partial charge on any atom is -0.465 e. The van der Waals surface area contributed by atoms with Gasteiger partial charge in [0.2, 0.25) is 0 Å². The van der Waals surface area contributed by atoms with Crippen LogP contribution in [0.15, 0.2) is 16.5 Å². The lowest BCUT2D eigenvalue weighted by Gasteiger charge is -2.35. The first-order chi connectivity index (χ1) is 9.78. The summed E-state index contributed by atoms with van der Waals surface area (Å²) in [4.78, 5) is 2.34. The van der Waals surface area contributed by atoms with Gasteiger partial charge in [-0.3, -0.25) is 4.90 Å². The Bertz CT molecular complexity index is 442. The third-order valence-electron chi connectivity index (χ3n) is 4.01. The van der Waals surface area contributed by atoms with Crippen LogP contribution in [0.2, 0.25) is 0 Å². The lowest BCUT2D eigenvalue weighted by atomic mass is 9.85. The van der Waals surface area contributed by atoms with Crippen LogP contribution in [0.4, 0.5) is 0 Å². The van der Waals surface area contributed by atoms with Crippen LogP contribution in [0.1, 0.15) is 38.7 Å². The summed E-state index contributed by atoms with van der Waals surface area (Å²) >= 11 is 0. The molecule has 1 fully saturated rings. The van der Waals surface area contributed by atoms with Gasteiger partial charge in [0.25, 0.3) is 0 Å². The second-order valence-corrected chi connectivity index (χ2v) is 7.59. The molecule has 0 spiro atoms. The lowest BCUT2D eigenvalue weighted by molar-refractivity contribution is 0.108. The van der Waals surface area contributed by atoms with Crippen molar-refractivity contribution < 1.29 is 9.15 Å². The number of nitrogens with one attached hydrogen (secondary N) is 1. The van der Waals surface area contributed by atoms with E-state index in [1.807, 2.05) is 13.0 Å². The molecule has 120 valence electrons. The fourth-order valence-electron chi connectivity index (χ4n) is 2.89. The predicted molar refractivity (Wildman–Crippen MR) is 85.4 cm³/mol. The zero-order valence-corrected chi connectivity index (χ0v) is 14.2. The van der Waals surface area contributed by atoms with Gasteiger partial charge < -0.3 is 14.5 Å². The zero-order chi connectivity index (χ0) is 15.5. The molecule has 2 rings (SSSR count). The maximum Gasteiger partial charge on any atom is 0.118 e. The fraction of sp³-hybridized carbons (Fsp3) is 0.765. The number of rotatable bonds is 6. The molecular formula is C17H30N2O2. The van der Waals surface area contributed by atoms with Gasteiger partial charge in [-0.1, -0.05) is 0 Å². The van der Waals surface area contributed by atoms with Gasteiger partial charge in [0.1, 0.15) is 11.5 Å². The van der Waals surface area contributed by atoms with E-state index in [9.17, 15) is 0 Å². The number of furan rings is 1. The Morgan fingerprint density at radius 3 is 2.62 bits per heavy atom. The molecule has 4 nitrogen and oxygen atoms in total. The van der Waals surface area contributed by atoms with Gasteiger partial charge in [-0.25, -0.2) is 0 Å². The largest absolute Gasteiger partial charge is 0.465 e. The molecule has 1 atom stereocenters. The number of ether oxygens (including phenoxy) is 1. The van der Waals surface area contributed by atoms with Crippen LogP contribution in [0.3, 0.4) is 0 Å². The summed E-state index contributed by atoms with van der Waals surface area (Å²) in [7, 11) is 2.16. The molecular weight excluding hydrogens is 264 g/mol. The molecule has 0 aliphatic carbocycles. The maximum atomic E-state index is 5.69. The van der Waals surface area contributed by atoms with E-state index in [0.717, 1.165) is 50.8 Å². The van der Waals surface area contributed by atoms with Crippen LogP contribution in [0, 0.1) is 12.3 Å². The molecule has 1 aliphatic rings. The molecule has 0 amide bonds. The summed E-state index contributed by atoms with van der Waals surface area (Å²) in [5, 5.41) is 3.65. The minimum absolute atomic E-state index is 0.145. The van der Waals surface area contributed by atoms with Crippen molar-refractivity contribution in [3.8, 4) is 0 Å². The molecule has 0 aromatic carbocycles. The van der Waals surface area contributed by atoms with Crippen molar-refractivity contribution >= 4 is 0 Å². The lowest BCUT2D eigenvalue weighted by Crippen LogP contribution is -2.48. The van der Waals surface area contributed by atoms with Crippen LogP contribution < -0.4 is 5.32 Å². The van der Waals surface area contributed by atoms with Crippen LogP contribution in [-0.4, -0.2) is 43.8 Å². The average Bonchev–Trinajstić information content (AvgIpc) is 2.96. The number of hydrogen-bond donors (Lipinski definition) is 1. The van der Waals surface area contributed by atoms with E-state index < -0.39 is 0 Å². The molecule has 1 aromatic heterocycles. The van der Waals surface area contributed by atoms with Gasteiger partial charge >= 0.3 is 0 Å². The Kier molecular flexibility index (Phi) is 5.12. The molecule has 1 N–H and O–H groups in total. The molecule has 1 aromatic rings. The van der Waals surface area contributed by atoms with E-state index in [2.05, 4.69) is 44.1 Å². The van der Waals surface area contributed by atoms with Gasteiger partial charge in [0.05, 0.1) is 13.2 Å².